The first-order valence-corrected chi connectivity index (χ1v) is 13.4. The van der Waals surface area contributed by atoms with E-state index in [1.54, 1.807) is 55.3 Å². The molecule has 0 aliphatic carbocycles. The van der Waals surface area contributed by atoms with Crippen LogP contribution < -0.4 is 14.2 Å². The summed E-state index contributed by atoms with van der Waals surface area (Å²) in [5, 5.41) is 0. The molecule has 8 nitrogen and oxygen atoms in total. The van der Waals surface area contributed by atoms with Gasteiger partial charge >= 0.3 is 0 Å². The summed E-state index contributed by atoms with van der Waals surface area (Å²) in [7, 11) is -0.883. The third-order valence-electron chi connectivity index (χ3n) is 6.59. The molecule has 0 aromatic heterocycles. The lowest BCUT2D eigenvalue weighted by Crippen LogP contribution is -2.32. The number of likely N-dealkylation sites (tertiary alicyclic amines) is 1. The molecule has 1 amide bonds. The van der Waals surface area contributed by atoms with Crippen LogP contribution in [0.15, 0.2) is 65.6 Å². The van der Waals surface area contributed by atoms with Crippen LogP contribution in [0.4, 0.5) is 5.69 Å². The largest absolute Gasteiger partial charge is 0.495 e. The van der Waals surface area contributed by atoms with Crippen LogP contribution in [0.2, 0.25) is 0 Å². The van der Waals surface area contributed by atoms with Crippen molar-refractivity contribution in [3.8, 4) is 11.5 Å². The Morgan fingerprint density at radius 3 is 2.35 bits per heavy atom. The summed E-state index contributed by atoms with van der Waals surface area (Å²) >= 11 is 0. The standard InChI is InChI=1S/C28H32N2O6S/c1-18-13-14-19(2)21(15-18)28(31)30-16-25(35-5)26(17-30)36-23-11-8-9-22(20(23)3)29-37(32,33)27-12-7-6-10-24(27)34-4/h6-15,25-26,29H,16-17H2,1-5H3/t25-,26-/m1/s1. The van der Waals surface area contributed by atoms with E-state index in [0.717, 1.165) is 11.1 Å². The molecule has 0 radical (unpaired) electrons. The molecule has 1 N–H and O–H groups in total. The number of methoxy groups -OCH3 is 2. The second-order valence-corrected chi connectivity index (χ2v) is 10.8. The SMILES string of the molecule is COc1ccccc1S(=O)(=O)Nc1cccc(O[C@@H]2CN(C(=O)c3cc(C)ccc3C)C[C@H]2OC)c1C. The van der Waals surface area contributed by atoms with Gasteiger partial charge in [0.1, 0.15) is 28.6 Å². The van der Waals surface area contributed by atoms with E-state index >= 15 is 0 Å². The van der Waals surface area contributed by atoms with E-state index in [1.807, 2.05) is 32.0 Å². The molecule has 1 heterocycles. The number of rotatable bonds is 8. The smallest absolute Gasteiger partial charge is 0.265 e. The van der Waals surface area contributed by atoms with Gasteiger partial charge in [0.05, 0.1) is 25.9 Å². The number of carbonyl (C=O) groups excluding carboxylic acids is 1. The maximum Gasteiger partial charge on any atom is 0.265 e. The van der Waals surface area contributed by atoms with Gasteiger partial charge in [-0.1, -0.05) is 35.9 Å². The number of sulfonamides is 1. The lowest BCUT2D eigenvalue weighted by molar-refractivity contribution is 0.0337. The molecule has 2 atom stereocenters. The number of aryl methyl sites for hydroxylation is 2. The Hall–Kier alpha value is -3.56. The van der Waals surface area contributed by atoms with Crippen LogP contribution in [0, 0.1) is 20.8 Å². The summed E-state index contributed by atoms with van der Waals surface area (Å²) in [5.74, 6) is 0.695. The molecule has 3 aromatic rings. The van der Waals surface area contributed by atoms with Gasteiger partial charge in [-0.05, 0) is 56.7 Å². The number of benzene rings is 3. The molecule has 0 saturated carbocycles. The molecule has 1 saturated heterocycles. The average molecular weight is 525 g/mol. The molecular weight excluding hydrogens is 492 g/mol. The van der Waals surface area contributed by atoms with Crippen molar-refractivity contribution >= 4 is 21.6 Å². The fraction of sp³-hybridized carbons (Fsp3) is 0.321. The van der Waals surface area contributed by atoms with Crippen molar-refractivity contribution in [3.05, 3.63) is 82.9 Å². The van der Waals surface area contributed by atoms with Crippen LogP contribution in [-0.4, -0.2) is 58.7 Å². The summed E-state index contributed by atoms with van der Waals surface area (Å²) in [5.41, 5.74) is 3.61. The number of para-hydroxylation sites is 1. The fourth-order valence-electron chi connectivity index (χ4n) is 4.44. The number of hydrogen-bond acceptors (Lipinski definition) is 6. The van der Waals surface area contributed by atoms with Crippen molar-refractivity contribution in [3.63, 3.8) is 0 Å². The summed E-state index contributed by atoms with van der Waals surface area (Å²) in [4.78, 5) is 15.1. The molecule has 37 heavy (non-hydrogen) atoms. The van der Waals surface area contributed by atoms with E-state index in [-0.39, 0.29) is 22.7 Å². The minimum absolute atomic E-state index is 0.0408. The first-order chi connectivity index (χ1) is 17.6. The number of nitrogens with one attached hydrogen (secondary N) is 1. The number of ether oxygens (including phenoxy) is 3. The van der Waals surface area contributed by atoms with E-state index in [2.05, 4.69) is 4.72 Å². The zero-order valence-electron chi connectivity index (χ0n) is 21.6. The molecule has 1 aliphatic rings. The summed E-state index contributed by atoms with van der Waals surface area (Å²) < 4.78 is 46.0. The Morgan fingerprint density at radius 1 is 0.919 bits per heavy atom. The van der Waals surface area contributed by atoms with Gasteiger partial charge in [-0.3, -0.25) is 9.52 Å². The highest BCUT2D eigenvalue weighted by atomic mass is 32.2. The van der Waals surface area contributed by atoms with Gasteiger partial charge in [-0.25, -0.2) is 8.42 Å². The Bertz CT molecular complexity index is 1410. The molecule has 3 aromatic carbocycles. The van der Waals surface area contributed by atoms with Crippen LogP contribution in [0.25, 0.3) is 0 Å². The molecular formula is C28H32N2O6S. The van der Waals surface area contributed by atoms with E-state index < -0.39 is 16.1 Å². The van der Waals surface area contributed by atoms with Crippen LogP contribution in [0.5, 0.6) is 11.5 Å². The maximum atomic E-state index is 13.3. The van der Waals surface area contributed by atoms with E-state index in [1.165, 1.54) is 13.2 Å². The summed E-state index contributed by atoms with van der Waals surface area (Å²) in [6.45, 7) is 6.41. The van der Waals surface area contributed by atoms with Gasteiger partial charge in [0.25, 0.3) is 15.9 Å². The zero-order chi connectivity index (χ0) is 26.7. The van der Waals surface area contributed by atoms with Crippen molar-refractivity contribution in [2.45, 2.75) is 37.9 Å². The number of amides is 1. The fourth-order valence-corrected chi connectivity index (χ4v) is 5.74. The number of nitrogens with zero attached hydrogens (tertiary/aromatic N) is 1. The molecule has 0 bridgehead atoms. The second-order valence-electron chi connectivity index (χ2n) is 9.14. The predicted octanol–water partition coefficient (Wildman–Crippen LogP) is 4.34. The van der Waals surface area contributed by atoms with Gasteiger partial charge in [-0.2, -0.15) is 0 Å². The minimum Gasteiger partial charge on any atom is -0.495 e. The third kappa shape index (κ3) is 5.57. The maximum absolute atomic E-state index is 13.3. The molecule has 9 heteroatoms. The minimum atomic E-state index is -3.90. The highest BCUT2D eigenvalue weighted by molar-refractivity contribution is 7.92. The van der Waals surface area contributed by atoms with Crippen molar-refractivity contribution in [2.75, 3.05) is 32.0 Å². The Labute approximate surface area is 218 Å². The van der Waals surface area contributed by atoms with Crippen molar-refractivity contribution in [1.29, 1.82) is 0 Å². The van der Waals surface area contributed by atoms with E-state index in [0.29, 0.717) is 35.7 Å². The van der Waals surface area contributed by atoms with Crippen molar-refractivity contribution in [1.82, 2.24) is 4.90 Å². The lowest BCUT2D eigenvalue weighted by atomic mass is 10.0. The third-order valence-corrected chi connectivity index (χ3v) is 8.00. The second kappa shape index (κ2) is 10.8. The number of hydrogen-bond donors (Lipinski definition) is 1. The van der Waals surface area contributed by atoms with E-state index in [4.69, 9.17) is 14.2 Å². The van der Waals surface area contributed by atoms with Gasteiger partial charge in [0.2, 0.25) is 0 Å². The van der Waals surface area contributed by atoms with Gasteiger partial charge in [0, 0.05) is 18.2 Å². The first kappa shape index (κ1) is 26.5. The van der Waals surface area contributed by atoms with Crippen molar-refractivity contribution < 1.29 is 27.4 Å². The zero-order valence-corrected chi connectivity index (χ0v) is 22.5. The normalized spacial score (nSPS) is 17.5. The highest BCUT2D eigenvalue weighted by Crippen LogP contribution is 2.32. The van der Waals surface area contributed by atoms with Gasteiger partial charge < -0.3 is 19.1 Å². The average Bonchev–Trinajstić information content (AvgIpc) is 3.30. The number of anilines is 1. The van der Waals surface area contributed by atoms with Crippen LogP contribution >= 0.6 is 0 Å². The van der Waals surface area contributed by atoms with Crippen molar-refractivity contribution in [2.24, 2.45) is 0 Å². The topological polar surface area (TPSA) is 94.2 Å². The van der Waals surface area contributed by atoms with E-state index in [9.17, 15) is 13.2 Å². The summed E-state index contributed by atoms with van der Waals surface area (Å²) in [6.07, 6.45) is -0.749. The Kier molecular flexibility index (Phi) is 7.75. The molecule has 0 unspecified atom stereocenters. The lowest BCUT2D eigenvalue weighted by Gasteiger charge is -2.21. The molecule has 1 aliphatic heterocycles. The molecule has 1 fully saturated rings. The quantitative estimate of drug-likeness (QED) is 0.471. The Balaban J connectivity index is 1.54. The monoisotopic (exact) mass is 524 g/mol. The van der Waals surface area contributed by atoms with Crippen LogP contribution in [-0.2, 0) is 14.8 Å². The highest BCUT2D eigenvalue weighted by Gasteiger charge is 2.38. The molecule has 4 rings (SSSR count). The van der Waals surface area contributed by atoms with Gasteiger partial charge in [0.15, 0.2) is 0 Å². The number of carbonyl (C=O) groups is 1. The Morgan fingerprint density at radius 2 is 1.62 bits per heavy atom. The van der Waals surface area contributed by atoms with Gasteiger partial charge in [-0.15, -0.1) is 0 Å². The van der Waals surface area contributed by atoms with Crippen LogP contribution in [0.1, 0.15) is 27.0 Å². The van der Waals surface area contributed by atoms with Crippen LogP contribution in [0.3, 0.4) is 0 Å². The predicted molar refractivity (Wildman–Crippen MR) is 142 cm³/mol. The molecule has 0 spiro atoms. The first-order valence-electron chi connectivity index (χ1n) is 12.0. The summed E-state index contributed by atoms with van der Waals surface area (Å²) in [6, 6.07) is 17.4. The molecule has 196 valence electrons.